The average molecular weight is 168 g/mol. The summed E-state index contributed by atoms with van der Waals surface area (Å²) in [5.41, 5.74) is 2.96. The Balaban J connectivity index is 2.60. The summed E-state index contributed by atoms with van der Waals surface area (Å²) in [5.74, 6) is 1.90. The molecule has 1 aliphatic rings. The molecule has 1 aliphatic heterocycles. The highest BCUT2D eigenvalue weighted by molar-refractivity contribution is 7.98. The predicted octanol–water partition coefficient (Wildman–Crippen LogP) is 0.979. The molecule has 2 rings (SSSR count). The summed E-state index contributed by atoms with van der Waals surface area (Å²) in [4.78, 5) is 10.6. The van der Waals surface area contributed by atoms with Crippen LogP contribution < -0.4 is 0 Å². The molecule has 58 valence electrons. The van der Waals surface area contributed by atoms with Gasteiger partial charge in [0.05, 0.1) is 5.69 Å². The second-order valence-corrected chi connectivity index (χ2v) is 3.53. The van der Waals surface area contributed by atoms with Crippen LogP contribution >= 0.6 is 11.8 Å². The lowest BCUT2D eigenvalue weighted by molar-refractivity contribution is 0.111. The number of aryl methyl sites for hydroxylation is 1. The van der Waals surface area contributed by atoms with Gasteiger partial charge in [0.15, 0.2) is 6.29 Å². The molecular formula is C7H8N2OS. The summed E-state index contributed by atoms with van der Waals surface area (Å²) < 4.78 is 1.66. The minimum Gasteiger partial charge on any atom is -0.296 e. The Bertz CT molecular complexity index is 306. The minimum absolute atomic E-state index is 0.741. The fraction of sp³-hybridized carbons (Fsp3) is 0.429. The Kier molecular flexibility index (Phi) is 1.49. The van der Waals surface area contributed by atoms with Gasteiger partial charge in [-0.25, -0.2) is 0 Å². The lowest BCUT2D eigenvalue weighted by Crippen LogP contribution is -1.98. The first kappa shape index (κ1) is 6.91. The first-order chi connectivity index (χ1) is 5.33. The van der Waals surface area contributed by atoms with Crippen LogP contribution in [0, 0.1) is 0 Å². The summed E-state index contributed by atoms with van der Waals surface area (Å²) in [6, 6.07) is 0. The number of hydrogen-bond acceptors (Lipinski definition) is 3. The molecule has 0 atom stereocenters. The quantitative estimate of drug-likeness (QED) is 0.586. The van der Waals surface area contributed by atoms with Gasteiger partial charge in [-0.15, -0.1) is 0 Å². The zero-order valence-electron chi connectivity index (χ0n) is 6.20. The lowest BCUT2D eigenvalue weighted by atomic mass is 10.2. The van der Waals surface area contributed by atoms with Crippen LogP contribution in [0.3, 0.4) is 0 Å². The number of hydrogen-bond donors (Lipinski definition) is 0. The van der Waals surface area contributed by atoms with Crippen molar-refractivity contribution in [2.24, 2.45) is 7.05 Å². The van der Waals surface area contributed by atoms with Crippen LogP contribution in [-0.2, 0) is 18.6 Å². The van der Waals surface area contributed by atoms with Crippen molar-refractivity contribution in [1.82, 2.24) is 9.78 Å². The molecule has 0 N–H and O–H groups in total. The molecule has 4 heteroatoms. The van der Waals surface area contributed by atoms with E-state index in [0.717, 1.165) is 34.7 Å². The number of thioether (sulfide) groups is 1. The van der Waals surface area contributed by atoms with E-state index in [-0.39, 0.29) is 0 Å². The van der Waals surface area contributed by atoms with Gasteiger partial charge in [0.25, 0.3) is 0 Å². The van der Waals surface area contributed by atoms with Gasteiger partial charge < -0.3 is 0 Å². The van der Waals surface area contributed by atoms with Gasteiger partial charge >= 0.3 is 0 Å². The van der Waals surface area contributed by atoms with Crippen molar-refractivity contribution in [1.29, 1.82) is 0 Å². The third kappa shape index (κ3) is 0.894. The Morgan fingerprint density at radius 1 is 1.64 bits per heavy atom. The maximum absolute atomic E-state index is 10.6. The molecule has 1 aromatic heterocycles. The first-order valence-electron chi connectivity index (χ1n) is 3.40. The number of aromatic nitrogens is 2. The van der Waals surface area contributed by atoms with Crippen molar-refractivity contribution in [3.8, 4) is 0 Å². The third-order valence-electron chi connectivity index (χ3n) is 1.87. The summed E-state index contributed by atoms with van der Waals surface area (Å²) >= 11 is 1.81. The maximum atomic E-state index is 10.6. The molecule has 0 fully saturated rings. The van der Waals surface area contributed by atoms with Crippen molar-refractivity contribution in [2.45, 2.75) is 11.5 Å². The van der Waals surface area contributed by atoms with Gasteiger partial charge in [-0.3, -0.25) is 9.48 Å². The third-order valence-corrected chi connectivity index (χ3v) is 2.84. The number of rotatable bonds is 1. The largest absolute Gasteiger partial charge is 0.296 e. The summed E-state index contributed by atoms with van der Waals surface area (Å²) in [6.07, 6.45) is 0.887. The molecule has 0 bridgehead atoms. The first-order valence-corrected chi connectivity index (χ1v) is 4.56. The number of aldehydes is 1. The van der Waals surface area contributed by atoms with Gasteiger partial charge in [-0.1, -0.05) is 0 Å². The fourth-order valence-corrected chi connectivity index (χ4v) is 2.35. The molecule has 0 aromatic carbocycles. The van der Waals surface area contributed by atoms with E-state index < -0.39 is 0 Å². The van der Waals surface area contributed by atoms with Gasteiger partial charge in [0.2, 0.25) is 0 Å². The predicted molar refractivity (Wildman–Crippen MR) is 43.6 cm³/mol. The Hall–Kier alpha value is -0.770. The van der Waals surface area contributed by atoms with E-state index in [4.69, 9.17) is 0 Å². The highest BCUT2D eigenvalue weighted by atomic mass is 32.2. The molecule has 0 radical (unpaired) electrons. The van der Waals surface area contributed by atoms with E-state index in [2.05, 4.69) is 5.10 Å². The molecule has 3 nitrogen and oxygen atoms in total. The average Bonchev–Trinajstić information content (AvgIpc) is 2.46. The molecule has 0 saturated heterocycles. The molecule has 0 spiro atoms. The van der Waals surface area contributed by atoms with Crippen LogP contribution in [0.4, 0.5) is 0 Å². The number of fused-ring (bicyclic) bond motifs is 1. The topological polar surface area (TPSA) is 34.9 Å². The normalized spacial score (nSPS) is 15.0. The van der Waals surface area contributed by atoms with Crippen LogP contribution in [0.15, 0.2) is 0 Å². The van der Waals surface area contributed by atoms with Gasteiger partial charge in [0.1, 0.15) is 5.69 Å². The standard InChI is InChI=1S/C7H8N2OS/c1-9-7(2-10)5-3-11-4-6(5)8-9/h2H,3-4H2,1H3. The van der Waals surface area contributed by atoms with Crippen molar-refractivity contribution in [2.75, 3.05) is 0 Å². The number of nitrogens with zero attached hydrogens (tertiary/aromatic N) is 2. The monoisotopic (exact) mass is 168 g/mol. The van der Waals surface area contributed by atoms with Crippen molar-refractivity contribution in [3.63, 3.8) is 0 Å². The second kappa shape index (κ2) is 2.37. The molecule has 0 saturated carbocycles. The van der Waals surface area contributed by atoms with Crippen LogP contribution in [-0.4, -0.2) is 16.1 Å². The fourth-order valence-electron chi connectivity index (χ4n) is 1.31. The zero-order chi connectivity index (χ0) is 7.84. The van der Waals surface area contributed by atoms with E-state index in [0.29, 0.717) is 0 Å². The van der Waals surface area contributed by atoms with Crippen LogP contribution in [0.25, 0.3) is 0 Å². The zero-order valence-corrected chi connectivity index (χ0v) is 7.02. The summed E-state index contributed by atoms with van der Waals surface area (Å²) in [7, 11) is 1.81. The molecular weight excluding hydrogens is 160 g/mol. The van der Waals surface area contributed by atoms with Gasteiger partial charge in [0, 0.05) is 24.1 Å². The number of carbonyl (C=O) groups excluding carboxylic acids is 1. The van der Waals surface area contributed by atoms with Crippen molar-refractivity contribution >= 4 is 18.0 Å². The number of carbonyl (C=O) groups is 1. The second-order valence-electron chi connectivity index (χ2n) is 2.54. The van der Waals surface area contributed by atoms with Gasteiger partial charge in [-0.05, 0) is 0 Å². The molecule has 0 aliphatic carbocycles. The van der Waals surface area contributed by atoms with E-state index in [1.165, 1.54) is 0 Å². The Morgan fingerprint density at radius 3 is 3.18 bits per heavy atom. The highest BCUT2D eigenvalue weighted by Gasteiger charge is 2.20. The van der Waals surface area contributed by atoms with Crippen LogP contribution in [0.5, 0.6) is 0 Å². The summed E-state index contributed by atoms with van der Waals surface area (Å²) in [5, 5.41) is 4.23. The van der Waals surface area contributed by atoms with E-state index in [9.17, 15) is 4.79 Å². The Labute approximate surface area is 68.8 Å². The SMILES string of the molecule is Cn1nc2c(c1C=O)CSC2. The van der Waals surface area contributed by atoms with Crippen molar-refractivity contribution in [3.05, 3.63) is 17.0 Å². The van der Waals surface area contributed by atoms with Gasteiger partial charge in [-0.2, -0.15) is 16.9 Å². The molecule has 1 aromatic rings. The van der Waals surface area contributed by atoms with Crippen molar-refractivity contribution < 1.29 is 4.79 Å². The van der Waals surface area contributed by atoms with E-state index in [1.54, 1.807) is 4.68 Å². The highest BCUT2D eigenvalue weighted by Crippen LogP contribution is 2.30. The molecule has 2 heterocycles. The maximum Gasteiger partial charge on any atom is 0.168 e. The lowest BCUT2D eigenvalue weighted by Gasteiger charge is -1.93. The molecule has 11 heavy (non-hydrogen) atoms. The van der Waals surface area contributed by atoms with E-state index in [1.807, 2.05) is 18.8 Å². The smallest absolute Gasteiger partial charge is 0.168 e. The molecule has 0 amide bonds. The summed E-state index contributed by atoms with van der Waals surface area (Å²) in [6.45, 7) is 0. The minimum atomic E-state index is 0.741. The Morgan fingerprint density at radius 2 is 2.45 bits per heavy atom. The van der Waals surface area contributed by atoms with Crippen LogP contribution in [0.2, 0.25) is 0 Å². The van der Waals surface area contributed by atoms with E-state index >= 15 is 0 Å². The van der Waals surface area contributed by atoms with Crippen LogP contribution in [0.1, 0.15) is 21.7 Å². The molecule has 0 unspecified atom stereocenters.